The zero-order valence-electron chi connectivity index (χ0n) is 17.1. The first-order valence-electron chi connectivity index (χ1n) is 10.5. The molecule has 2 aliphatic rings. The first kappa shape index (κ1) is 21.3. The fourth-order valence-corrected chi connectivity index (χ4v) is 5.60. The highest BCUT2D eigenvalue weighted by molar-refractivity contribution is 7.89. The Morgan fingerprint density at radius 1 is 1.04 bits per heavy atom. The van der Waals surface area contributed by atoms with Gasteiger partial charge in [0.05, 0.1) is 11.4 Å². The number of piperazine rings is 1. The fourth-order valence-electron chi connectivity index (χ4n) is 4.18. The Morgan fingerprint density at radius 3 is 2.21 bits per heavy atom. The van der Waals surface area contributed by atoms with E-state index in [1.807, 2.05) is 24.0 Å². The number of carbonyl (C=O) groups excluding carboxylic acids is 1. The van der Waals surface area contributed by atoms with Crippen molar-refractivity contribution in [2.24, 2.45) is 5.92 Å². The molecule has 0 unspecified atom stereocenters. The molecule has 0 spiro atoms. The van der Waals surface area contributed by atoms with Gasteiger partial charge in [-0.25, -0.2) is 8.42 Å². The molecule has 28 heavy (non-hydrogen) atoms. The second kappa shape index (κ2) is 9.37. The molecule has 1 aromatic carbocycles. The largest absolute Gasteiger partial charge is 0.352 e. The lowest BCUT2D eigenvalue weighted by Gasteiger charge is -2.34. The van der Waals surface area contributed by atoms with Crippen LogP contribution in [0.5, 0.6) is 0 Å². The molecule has 0 radical (unpaired) electrons. The number of hydrogen-bond acceptors (Lipinski definition) is 4. The van der Waals surface area contributed by atoms with E-state index in [4.69, 9.17) is 0 Å². The van der Waals surface area contributed by atoms with Crippen LogP contribution in [0.15, 0.2) is 29.2 Å². The molecular formula is C21H33N3O3S. The van der Waals surface area contributed by atoms with Crippen molar-refractivity contribution in [3.8, 4) is 0 Å². The normalized spacial score (nSPS) is 24.8. The minimum Gasteiger partial charge on any atom is -0.352 e. The minimum absolute atomic E-state index is 0.0646. The van der Waals surface area contributed by atoms with Gasteiger partial charge >= 0.3 is 0 Å². The number of nitrogens with one attached hydrogen (secondary N) is 1. The molecule has 1 heterocycles. The van der Waals surface area contributed by atoms with Crippen LogP contribution in [-0.4, -0.2) is 62.3 Å². The number of rotatable bonds is 6. The summed E-state index contributed by atoms with van der Waals surface area (Å²) in [6.07, 6.45) is 5.80. The van der Waals surface area contributed by atoms with Gasteiger partial charge in [0.1, 0.15) is 0 Å². The van der Waals surface area contributed by atoms with Gasteiger partial charge in [-0.1, -0.05) is 31.0 Å². The van der Waals surface area contributed by atoms with Crippen LogP contribution in [0.2, 0.25) is 0 Å². The van der Waals surface area contributed by atoms with Gasteiger partial charge in [-0.2, -0.15) is 4.31 Å². The Labute approximate surface area is 169 Å². The minimum atomic E-state index is -3.46. The van der Waals surface area contributed by atoms with E-state index in [0.29, 0.717) is 43.7 Å². The summed E-state index contributed by atoms with van der Waals surface area (Å²) in [6, 6.07) is 7.27. The lowest BCUT2D eigenvalue weighted by Crippen LogP contribution is -2.52. The van der Waals surface area contributed by atoms with E-state index in [0.717, 1.165) is 24.3 Å². The number of hydrogen-bond donors (Lipinski definition) is 1. The summed E-state index contributed by atoms with van der Waals surface area (Å²) in [5.41, 5.74) is 1.04. The number of carbonyl (C=O) groups is 1. The van der Waals surface area contributed by atoms with Crippen LogP contribution in [-0.2, 0) is 14.8 Å². The van der Waals surface area contributed by atoms with Gasteiger partial charge in [0.15, 0.2) is 0 Å². The second-order valence-electron chi connectivity index (χ2n) is 8.19. The van der Waals surface area contributed by atoms with Gasteiger partial charge in [-0.15, -0.1) is 0 Å². The van der Waals surface area contributed by atoms with Crippen LogP contribution in [0.25, 0.3) is 0 Å². The molecule has 1 aromatic rings. The van der Waals surface area contributed by atoms with Crippen molar-refractivity contribution < 1.29 is 13.2 Å². The van der Waals surface area contributed by atoms with Crippen molar-refractivity contribution in [2.75, 3.05) is 32.7 Å². The number of amides is 1. The summed E-state index contributed by atoms with van der Waals surface area (Å²) in [7, 11) is -3.46. The fraction of sp³-hybridized carbons (Fsp3) is 0.667. The Morgan fingerprint density at radius 2 is 1.64 bits per heavy atom. The van der Waals surface area contributed by atoms with Gasteiger partial charge in [-0.3, -0.25) is 9.69 Å². The van der Waals surface area contributed by atoms with Gasteiger partial charge in [0, 0.05) is 32.2 Å². The highest BCUT2D eigenvalue weighted by Crippen LogP contribution is 2.26. The molecule has 1 aliphatic heterocycles. The zero-order valence-corrected chi connectivity index (χ0v) is 17.9. The monoisotopic (exact) mass is 407 g/mol. The lowest BCUT2D eigenvalue weighted by atomic mass is 9.84. The molecule has 1 amide bonds. The third-order valence-electron chi connectivity index (χ3n) is 6.15. The summed E-state index contributed by atoms with van der Waals surface area (Å²) < 4.78 is 27.1. The molecule has 1 aliphatic carbocycles. The molecule has 1 saturated heterocycles. The Bertz CT molecular complexity index is 748. The van der Waals surface area contributed by atoms with Crippen molar-refractivity contribution in [3.05, 3.63) is 29.8 Å². The molecule has 156 valence electrons. The third kappa shape index (κ3) is 5.33. The molecule has 1 saturated carbocycles. The van der Waals surface area contributed by atoms with E-state index in [1.54, 1.807) is 12.1 Å². The van der Waals surface area contributed by atoms with Crippen molar-refractivity contribution in [2.45, 2.75) is 56.9 Å². The van der Waals surface area contributed by atoms with Gasteiger partial charge in [0.2, 0.25) is 15.9 Å². The Kier molecular flexibility index (Phi) is 7.12. The first-order valence-corrected chi connectivity index (χ1v) is 11.9. The maximum absolute atomic E-state index is 12.8. The van der Waals surface area contributed by atoms with Crippen molar-refractivity contribution >= 4 is 15.9 Å². The van der Waals surface area contributed by atoms with E-state index in [9.17, 15) is 13.2 Å². The van der Waals surface area contributed by atoms with Crippen molar-refractivity contribution in [1.82, 2.24) is 14.5 Å². The van der Waals surface area contributed by atoms with Crippen LogP contribution < -0.4 is 5.32 Å². The molecule has 1 N–H and O–H groups in total. The topological polar surface area (TPSA) is 69.7 Å². The molecular weight excluding hydrogens is 374 g/mol. The first-order chi connectivity index (χ1) is 13.4. The number of sulfonamides is 1. The van der Waals surface area contributed by atoms with Crippen molar-refractivity contribution in [3.63, 3.8) is 0 Å². The number of benzene rings is 1. The molecule has 6 nitrogen and oxygen atoms in total. The van der Waals surface area contributed by atoms with E-state index in [-0.39, 0.29) is 5.91 Å². The highest BCUT2D eigenvalue weighted by atomic mass is 32.2. The van der Waals surface area contributed by atoms with Crippen molar-refractivity contribution in [1.29, 1.82) is 0 Å². The second-order valence-corrected chi connectivity index (χ2v) is 10.1. The quantitative estimate of drug-likeness (QED) is 0.786. The number of nitrogens with zero attached hydrogens (tertiary/aromatic N) is 2. The highest BCUT2D eigenvalue weighted by Gasteiger charge is 2.29. The summed E-state index contributed by atoms with van der Waals surface area (Å²) in [4.78, 5) is 14.8. The van der Waals surface area contributed by atoms with Crippen LogP contribution in [0.1, 0.15) is 44.6 Å². The summed E-state index contributed by atoms with van der Waals surface area (Å²) in [5.74, 6) is 0.881. The van der Waals surface area contributed by atoms with Crippen LogP contribution in [0.3, 0.4) is 0 Å². The maximum Gasteiger partial charge on any atom is 0.243 e. The molecule has 0 bridgehead atoms. The average Bonchev–Trinajstić information content (AvgIpc) is 2.69. The smallest absolute Gasteiger partial charge is 0.243 e. The zero-order chi connectivity index (χ0) is 20.1. The molecule has 0 aromatic heterocycles. The standard InChI is InChI=1S/C21H33N3O3S/c1-3-18-6-8-19(9-7-18)22-21(25)16-23-12-14-24(15-13-23)28(26,27)20-10-4-17(2)5-11-20/h4-5,10-11,18-19H,3,6-9,12-16H2,1-2H3,(H,22,25). The van der Waals surface area contributed by atoms with E-state index >= 15 is 0 Å². The van der Waals surface area contributed by atoms with Gasteiger partial charge in [-0.05, 0) is 50.7 Å². The van der Waals surface area contributed by atoms with Crippen LogP contribution >= 0.6 is 0 Å². The van der Waals surface area contributed by atoms with E-state index < -0.39 is 10.0 Å². The molecule has 7 heteroatoms. The average molecular weight is 408 g/mol. The van der Waals surface area contributed by atoms with Gasteiger partial charge < -0.3 is 5.32 Å². The summed E-state index contributed by atoms with van der Waals surface area (Å²) >= 11 is 0. The molecule has 3 rings (SSSR count). The Balaban J connectivity index is 1.45. The van der Waals surface area contributed by atoms with E-state index in [2.05, 4.69) is 12.2 Å². The SMILES string of the molecule is CCC1CCC(NC(=O)CN2CCN(S(=O)(=O)c3ccc(C)cc3)CC2)CC1. The molecule has 0 atom stereocenters. The van der Waals surface area contributed by atoms with Crippen LogP contribution in [0.4, 0.5) is 0 Å². The summed E-state index contributed by atoms with van der Waals surface area (Å²) in [5, 5.41) is 3.17. The van der Waals surface area contributed by atoms with E-state index in [1.165, 1.54) is 23.6 Å². The molecule has 2 fully saturated rings. The maximum atomic E-state index is 12.8. The Hall–Kier alpha value is -1.44. The number of aryl methyl sites for hydroxylation is 1. The predicted molar refractivity (Wildman–Crippen MR) is 111 cm³/mol. The third-order valence-corrected chi connectivity index (χ3v) is 8.06. The predicted octanol–water partition coefficient (Wildman–Crippen LogP) is 2.39. The summed E-state index contributed by atoms with van der Waals surface area (Å²) in [6.45, 7) is 6.54. The van der Waals surface area contributed by atoms with Gasteiger partial charge in [0.25, 0.3) is 0 Å². The van der Waals surface area contributed by atoms with Crippen LogP contribution in [0, 0.1) is 12.8 Å². The lowest BCUT2D eigenvalue weighted by molar-refractivity contribution is -0.123.